The molecule has 2 rings (SSSR count). The molecule has 4 heteroatoms. The first-order valence-corrected chi connectivity index (χ1v) is 7.24. The van der Waals surface area contributed by atoms with E-state index in [1.54, 1.807) is 4.31 Å². The van der Waals surface area contributed by atoms with E-state index in [1.807, 2.05) is 6.92 Å². The summed E-state index contributed by atoms with van der Waals surface area (Å²) in [5.74, 6) is 0.998. The second-order valence-corrected chi connectivity index (χ2v) is 6.60. The fourth-order valence-electron chi connectivity index (χ4n) is 1.78. The molecule has 0 aromatic carbocycles. The van der Waals surface area contributed by atoms with E-state index in [0.717, 1.165) is 25.8 Å². The third kappa shape index (κ3) is 2.48. The zero-order valence-electron chi connectivity index (χ0n) is 8.78. The summed E-state index contributed by atoms with van der Waals surface area (Å²) in [6.45, 7) is 2.73. The third-order valence-electron chi connectivity index (χ3n) is 2.91. The Hall–Kier alpha value is -0.0900. The van der Waals surface area contributed by atoms with E-state index in [0.29, 0.717) is 17.7 Å². The van der Waals surface area contributed by atoms with Gasteiger partial charge in [0.2, 0.25) is 10.0 Å². The fourth-order valence-corrected chi connectivity index (χ4v) is 3.64. The molecule has 3 nitrogen and oxygen atoms in total. The minimum absolute atomic E-state index is 0.330. The van der Waals surface area contributed by atoms with Gasteiger partial charge in [-0.2, -0.15) is 4.31 Å². The fraction of sp³-hybridized carbons (Fsp3) is 1.00. The lowest BCUT2D eigenvalue weighted by molar-refractivity contribution is 0.388. The summed E-state index contributed by atoms with van der Waals surface area (Å²) in [5.41, 5.74) is 0. The summed E-state index contributed by atoms with van der Waals surface area (Å²) in [6.07, 6.45) is 5.34. The van der Waals surface area contributed by atoms with Gasteiger partial charge in [-0.15, -0.1) is 0 Å². The van der Waals surface area contributed by atoms with Crippen LogP contribution in [0, 0.1) is 5.92 Å². The summed E-state index contributed by atoms with van der Waals surface area (Å²) in [5, 5.41) is 0. The Kier molecular flexibility index (Phi) is 2.84. The van der Waals surface area contributed by atoms with Gasteiger partial charge in [0.15, 0.2) is 0 Å². The Morgan fingerprint density at radius 3 is 2.29 bits per heavy atom. The first-order chi connectivity index (χ1) is 6.63. The van der Waals surface area contributed by atoms with Crippen LogP contribution in [0.4, 0.5) is 0 Å². The van der Waals surface area contributed by atoms with Crippen molar-refractivity contribution in [3.63, 3.8) is 0 Å². The molecule has 0 bridgehead atoms. The lowest BCUT2D eigenvalue weighted by atomic mass is 10.4. The number of hydrogen-bond donors (Lipinski definition) is 0. The van der Waals surface area contributed by atoms with Crippen molar-refractivity contribution in [1.29, 1.82) is 0 Å². The molecule has 0 aromatic rings. The van der Waals surface area contributed by atoms with Crippen LogP contribution in [0.25, 0.3) is 0 Å². The Labute approximate surface area is 86.5 Å². The molecule has 0 unspecified atom stereocenters. The van der Waals surface area contributed by atoms with Crippen LogP contribution in [0.15, 0.2) is 0 Å². The Morgan fingerprint density at radius 2 is 1.86 bits per heavy atom. The summed E-state index contributed by atoms with van der Waals surface area (Å²) in [7, 11) is -2.93. The molecular formula is C10H19NO2S. The van der Waals surface area contributed by atoms with E-state index >= 15 is 0 Å². The van der Waals surface area contributed by atoms with Gasteiger partial charge in [0, 0.05) is 12.6 Å². The zero-order valence-corrected chi connectivity index (χ0v) is 9.59. The van der Waals surface area contributed by atoms with Crippen molar-refractivity contribution in [2.24, 2.45) is 5.92 Å². The second kappa shape index (κ2) is 3.81. The highest BCUT2D eigenvalue weighted by atomic mass is 32.2. The van der Waals surface area contributed by atoms with Crippen LogP contribution < -0.4 is 0 Å². The molecule has 0 aromatic heterocycles. The maximum Gasteiger partial charge on any atom is 0.214 e. The van der Waals surface area contributed by atoms with E-state index in [1.165, 1.54) is 12.8 Å². The lowest BCUT2D eigenvalue weighted by Crippen LogP contribution is -2.36. The molecule has 14 heavy (non-hydrogen) atoms. The molecule has 2 aliphatic carbocycles. The van der Waals surface area contributed by atoms with Crippen LogP contribution >= 0.6 is 0 Å². The largest absolute Gasteiger partial charge is 0.214 e. The smallest absolute Gasteiger partial charge is 0.212 e. The number of sulfonamides is 1. The minimum Gasteiger partial charge on any atom is -0.212 e. The first-order valence-electron chi connectivity index (χ1n) is 5.63. The molecule has 0 amide bonds. The highest BCUT2D eigenvalue weighted by Crippen LogP contribution is 2.36. The molecule has 0 atom stereocenters. The van der Waals surface area contributed by atoms with Crippen molar-refractivity contribution in [3.8, 4) is 0 Å². The maximum atomic E-state index is 11.9. The topological polar surface area (TPSA) is 37.4 Å². The van der Waals surface area contributed by atoms with Crippen LogP contribution in [0.5, 0.6) is 0 Å². The minimum atomic E-state index is -2.93. The van der Waals surface area contributed by atoms with Crippen molar-refractivity contribution >= 4 is 10.0 Å². The SMILES string of the molecule is CCCS(=O)(=O)N(CC1CC1)C1CC1. The summed E-state index contributed by atoms with van der Waals surface area (Å²) < 4.78 is 25.6. The van der Waals surface area contributed by atoms with Crippen LogP contribution in [0.1, 0.15) is 39.0 Å². The van der Waals surface area contributed by atoms with Gasteiger partial charge in [-0.25, -0.2) is 8.42 Å². The van der Waals surface area contributed by atoms with Gasteiger partial charge in [0.1, 0.15) is 0 Å². The van der Waals surface area contributed by atoms with Gasteiger partial charge in [-0.05, 0) is 38.0 Å². The number of hydrogen-bond acceptors (Lipinski definition) is 2. The van der Waals surface area contributed by atoms with Gasteiger partial charge in [-0.3, -0.25) is 0 Å². The highest BCUT2D eigenvalue weighted by molar-refractivity contribution is 7.89. The molecule has 0 N–H and O–H groups in total. The Bertz CT molecular complexity index is 291. The standard InChI is InChI=1S/C10H19NO2S/c1-2-7-14(12,13)11(10-5-6-10)8-9-3-4-9/h9-10H,2-8H2,1H3. The quantitative estimate of drug-likeness (QED) is 0.677. The molecule has 2 fully saturated rings. The lowest BCUT2D eigenvalue weighted by Gasteiger charge is -2.21. The van der Waals surface area contributed by atoms with Crippen molar-refractivity contribution in [1.82, 2.24) is 4.31 Å². The molecule has 0 heterocycles. The maximum absolute atomic E-state index is 11.9. The molecule has 0 saturated heterocycles. The summed E-state index contributed by atoms with van der Waals surface area (Å²) in [6, 6.07) is 0.354. The first kappa shape index (κ1) is 10.4. The van der Waals surface area contributed by atoms with Crippen LogP contribution in [-0.4, -0.2) is 31.1 Å². The average molecular weight is 217 g/mol. The van der Waals surface area contributed by atoms with Crippen LogP contribution in [0.2, 0.25) is 0 Å². The van der Waals surface area contributed by atoms with Gasteiger partial charge >= 0.3 is 0 Å². The monoisotopic (exact) mass is 217 g/mol. The van der Waals surface area contributed by atoms with E-state index < -0.39 is 10.0 Å². The van der Waals surface area contributed by atoms with Gasteiger partial charge in [0.25, 0.3) is 0 Å². The zero-order chi connectivity index (χ0) is 10.2. The Balaban J connectivity index is 2.00. The summed E-state index contributed by atoms with van der Waals surface area (Å²) in [4.78, 5) is 0. The Morgan fingerprint density at radius 1 is 1.21 bits per heavy atom. The van der Waals surface area contributed by atoms with E-state index in [9.17, 15) is 8.42 Å². The molecule has 2 aliphatic rings. The molecule has 2 saturated carbocycles. The van der Waals surface area contributed by atoms with Crippen LogP contribution in [-0.2, 0) is 10.0 Å². The predicted octanol–water partition coefficient (Wildman–Crippen LogP) is 1.60. The highest BCUT2D eigenvalue weighted by Gasteiger charge is 2.39. The van der Waals surface area contributed by atoms with Crippen molar-refractivity contribution in [3.05, 3.63) is 0 Å². The molecule has 0 aliphatic heterocycles. The van der Waals surface area contributed by atoms with Crippen molar-refractivity contribution < 1.29 is 8.42 Å². The van der Waals surface area contributed by atoms with Crippen molar-refractivity contribution in [2.45, 2.75) is 45.1 Å². The number of nitrogens with zero attached hydrogens (tertiary/aromatic N) is 1. The normalized spacial score (nSPS) is 23.0. The predicted molar refractivity (Wildman–Crippen MR) is 56.5 cm³/mol. The molecule has 0 spiro atoms. The van der Waals surface area contributed by atoms with Gasteiger partial charge in [-0.1, -0.05) is 6.92 Å². The van der Waals surface area contributed by atoms with Crippen LogP contribution in [0.3, 0.4) is 0 Å². The molecule has 82 valence electrons. The molecule has 0 radical (unpaired) electrons. The van der Waals surface area contributed by atoms with Crippen molar-refractivity contribution in [2.75, 3.05) is 12.3 Å². The number of rotatable bonds is 6. The van der Waals surface area contributed by atoms with Gasteiger partial charge in [0.05, 0.1) is 5.75 Å². The second-order valence-electron chi connectivity index (χ2n) is 4.56. The van der Waals surface area contributed by atoms with E-state index in [2.05, 4.69) is 0 Å². The third-order valence-corrected chi connectivity index (χ3v) is 4.99. The van der Waals surface area contributed by atoms with E-state index in [-0.39, 0.29) is 0 Å². The van der Waals surface area contributed by atoms with E-state index in [4.69, 9.17) is 0 Å². The van der Waals surface area contributed by atoms with Gasteiger partial charge < -0.3 is 0 Å². The average Bonchev–Trinajstić information content (AvgIpc) is 2.95. The summed E-state index contributed by atoms with van der Waals surface area (Å²) >= 11 is 0. The molecular weight excluding hydrogens is 198 g/mol.